The standard InChI is InChI=1S/C14H19N3O4/c1-2-21-11-5-6-12(13(9-11)17(19)20)16-14(18)7-8-15-10-3-4-10/h5-6,9-10,15H,2-4,7-8H2,1H3,(H,16,18). The average Bonchev–Trinajstić information content (AvgIpc) is 3.24. The maximum Gasteiger partial charge on any atom is 0.296 e. The number of nitrogens with one attached hydrogen (secondary N) is 2. The molecule has 0 bridgehead atoms. The minimum Gasteiger partial charge on any atom is -0.494 e. The van der Waals surface area contributed by atoms with Crippen LogP contribution in [-0.2, 0) is 4.79 Å². The van der Waals surface area contributed by atoms with Gasteiger partial charge < -0.3 is 15.4 Å². The zero-order valence-electron chi connectivity index (χ0n) is 11.9. The third kappa shape index (κ3) is 4.71. The van der Waals surface area contributed by atoms with Crippen LogP contribution in [0.25, 0.3) is 0 Å². The maximum absolute atomic E-state index is 11.8. The van der Waals surface area contributed by atoms with E-state index < -0.39 is 4.92 Å². The number of rotatable bonds is 8. The molecule has 2 N–H and O–H groups in total. The van der Waals surface area contributed by atoms with E-state index in [1.54, 1.807) is 13.0 Å². The zero-order chi connectivity index (χ0) is 15.2. The largest absolute Gasteiger partial charge is 0.494 e. The van der Waals surface area contributed by atoms with Crippen LogP contribution in [0.5, 0.6) is 5.75 Å². The number of nitro benzene ring substituents is 1. The van der Waals surface area contributed by atoms with Crippen LogP contribution in [0.15, 0.2) is 18.2 Å². The van der Waals surface area contributed by atoms with E-state index in [1.165, 1.54) is 12.1 Å². The second kappa shape index (κ2) is 7.03. The second-order valence-electron chi connectivity index (χ2n) is 4.90. The van der Waals surface area contributed by atoms with Crippen molar-refractivity contribution >= 4 is 17.3 Å². The van der Waals surface area contributed by atoms with Crippen molar-refractivity contribution < 1.29 is 14.5 Å². The van der Waals surface area contributed by atoms with Gasteiger partial charge in [-0.25, -0.2) is 0 Å². The van der Waals surface area contributed by atoms with Crippen molar-refractivity contribution in [2.24, 2.45) is 0 Å². The van der Waals surface area contributed by atoms with E-state index in [9.17, 15) is 14.9 Å². The van der Waals surface area contributed by atoms with Crippen molar-refractivity contribution in [3.05, 3.63) is 28.3 Å². The molecule has 1 aromatic rings. The molecule has 1 fully saturated rings. The molecule has 0 unspecified atom stereocenters. The fraction of sp³-hybridized carbons (Fsp3) is 0.500. The quantitative estimate of drug-likeness (QED) is 0.565. The first-order valence-electron chi connectivity index (χ1n) is 7.04. The van der Waals surface area contributed by atoms with Gasteiger partial charge in [0.1, 0.15) is 11.4 Å². The van der Waals surface area contributed by atoms with Crippen LogP contribution in [0.3, 0.4) is 0 Å². The minimum atomic E-state index is -0.527. The van der Waals surface area contributed by atoms with Crippen LogP contribution < -0.4 is 15.4 Å². The third-order valence-electron chi connectivity index (χ3n) is 3.11. The van der Waals surface area contributed by atoms with Crippen LogP contribution in [0.1, 0.15) is 26.2 Å². The molecular formula is C14H19N3O4. The molecule has 7 heteroatoms. The van der Waals surface area contributed by atoms with Crippen molar-refractivity contribution in [1.29, 1.82) is 0 Å². The summed E-state index contributed by atoms with van der Waals surface area (Å²) in [6.07, 6.45) is 2.61. The normalized spacial score (nSPS) is 13.8. The summed E-state index contributed by atoms with van der Waals surface area (Å²) in [5, 5.41) is 16.9. The van der Waals surface area contributed by atoms with E-state index in [0.717, 1.165) is 12.8 Å². The molecule has 0 radical (unpaired) electrons. The van der Waals surface area contributed by atoms with Gasteiger partial charge in [0.25, 0.3) is 5.69 Å². The van der Waals surface area contributed by atoms with Crippen molar-refractivity contribution in [3.63, 3.8) is 0 Å². The molecule has 7 nitrogen and oxygen atoms in total. The number of carbonyl (C=O) groups is 1. The smallest absolute Gasteiger partial charge is 0.296 e. The predicted molar refractivity (Wildman–Crippen MR) is 78.5 cm³/mol. The number of nitrogens with zero attached hydrogens (tertiary/aromatic N) is 1. The Labute approximate surface area is 122 Å². The summed E-state index contributed by atoms with van der Waals surface area (Å²) in [5.74, 6) is 0.174. The highest BCUT2D eigenvalue weighted by Gasteiger charge is 2.21. The molecule has 1 aliphatic rings. The monoisotopic (exact) mass is 293 g/mol. The molecule has 0 aromatic heterocycles. The first-order valence-corrected chi connectivity index (χ1v) is 7.04. The number of nitro groups is 1. The molecule has 0 heterocycles. The van der Waals surface area contributed by atoms with Crippen molar-refractivity contribution in [1.82, 2.24) is 5.32 Å². The van der Waals surface area contributed by atoms with Crippen LogP contribution in [0.4, 0.5) is 11.4 Å². The molecule has 0 atom stereocenters. The van der Waals surface area contributed by atoms with E-state index in [0.29, 0.717) is 31.4 Å². The zero-order valence-corrected chi connectivity index (χ0v) is 11.9. The summed E-state index contributed by atoms with van der Waals surface area (Å²) in [6, 6.07) is 4.96. The summed E-state index contributed by atoms with van der Waals surface area (Å²) in [7, 11) is 0. The third-order valence-corrected chi connectivity index (χ3v) is 3.11. The predicted octanol–water partition coefficient (Wildman–Crippen LogP) is 2.07. The van der Waals surface area contributed by atoms with Gasteiger partial charge in [-0.05, 0) is 31.9 Å². The lowest BCUT2D eigenvalue weighted by atomic mass is 10.2. The number of ether oxygens (including phenoxy) is 1. The lowest BCUT2D eigenvalue weighted by Crippen LogP contribution is -2.23. The molecule has 0 saturated heterocycles. The van der Waals surface area contributed by atoms with Gasteiger partial charge in [0, 0.05) is 19.0 Å². The number of hydrogen-bond acceptors (Lipinski definition) is 5. The van der Waals surface area contributed by atoms with E-state index in [2.05, 4.69) is 10.6 Å². The fourth-order valence-corrected chi connectivity index (χ4v) is 1.91. The Kier molecular flexibility index (Phi) is 5.10. The Morgan fingerprint density at radius 3 is 2.86 bits per heavy atom. The molecule has 0 aliphatic heterocycles. The van der Waals surface area contributed by atoms with Crippen LogP contribution in [-0.4, -0.2) is 30.0 Å². The lowest BCUT2D eigenvalue weighted by molar-refractivity contribution is -0.384. The Morgan fingerprint density at radius 2 is 2.24 bits per heavy atom. The van der Waals surface area contributed by atoms with Crippen molar-refractivity contribution in [2.75, 3.05) is 18.5 Å². The van der Waals surface area contributed by atoms with Gasteiger partial charge in [-0.2, -0.15) is 0 Å². The topological polar surface area (TPSA) is 93.5 Å². The van der Waals surface area contributed by atoms with Gasteiger partial charge in [0.05, 0.1) is 17.6 Å². The summed E-state index contributed by atoms with van der Waals surface area (Å²) < 4.78 is 5.23. The Bertz CT molecular complexity index is 529. The van der Waals surface area contributed by atoms with Crippen molar-refractivity contribution in [2.45, 2.75) is 32.2 Å². The van der Waals surface area contributed by atoms with Gasteiger partial charge >= 0.3 is 0 Å². The van der Waals surface area contributed by atoms with Crippen LogP contribution in [0, 0.1) is 10.1 Å². The van der Waals surface area contributed by atoms with Gasteiger partial charge in [0.2, 0.25) is 5.91 Å². The van der Waals surface area contributed by atoms with E-state index in [4.69, 9.17) is 4.74 Å². The summed E-state index contributed by atoms with van der Waals surface area (Å²) in [6.45, 7) is 2.81. The summed E-state index contributed by atoms with van der Waals surface area (Å²) >= 11 is 0. The second-order valence-corrected chi connectivity index (χ2v) is 4.90. The average molecular weight is 293 g/mol. The van der Waals surface area contributed by atoms with Gasteiger partial charge in [-0.1, -0.05) is 0 Å². The van der Waals surface area contributed by atoms with Gasteiger partial charge in [-0.15, -0.1) is 0 Å². The first kappa shape index (κ1) is 15.2. The molecule has 1 saturated carbocycles. The molecule has 21 heavy (non-hydrogen) atoms. The first-order chi connectivity index (χ1) is 10.1. The van der Waals surface area contributed by atoms with E-state index in [1.807, 2.05) is 0 Å². The number of carbonyl (C=O) groups excluding carboxylic acids is 1. The highest BCUT2D eigenvalue weighted by molar-refractivity contribution is 5.93. The van der Waals surface area contributed by atoms with E-state index >= 15 is 0 Å². The van der Waals surface area contributed by atoms with Crippen LogP contribution >= 0.6 is 0 Å². The fourth-order valence-electron chi connectivity index (χ4n) is 1.91. The highest BCUT2D eigenvalue weighted by atomic mass is 16.6. The number of benzene rings is 1. The number of anilines is 1. The summed E-state index contributed by atoms with van der Waals surface area (Å²) in [4.78, 5) is 22.3. The van der Waals surface area contributed by atoms with Crippen LogP contribution in [0.2, 0.25) is 0 Å². The summed E-state index contributed by atoms with van der Waals surface area (Å²) in [5.41, 5.74) is 0.0318. The maximum atomic E-state index is 11.8. The lowest BCUT2D eigenvalue weighted by Gasteiger charge is -2.08. The molecule has 114 valence electrons. The van der Waals surface area contributed by atoms with Gasteiger partial charge in [-0.3, -0.25) is 14.9 Å². The minimum absolute atomic E-state index is 0.163. The molecule has 2 rings (SSSR count). The molecule has 1 aliphatic carbocycles. The molecule has 1 amide bonds. The highest BCUT2D eigenvalue weighted by Crippen LogP contribution is 2.29. The van der Waals surface area contributed by atoms with Crippen molar-refractivity contribution in [3.8, 4) is 5.75 Å². The number of amides is 1. The Hall–Kier alpha value is -2.15. The number of hydrogen-bond donors (Lipinski definition) is 2. The van der Waals surface area contributed by atoms with Gasteiger partial charge in [0.15, 0.2) is 0 Å². The van der Waals surface area contributed by atoms with E-state index in [-0.39, 0.29) is 17.3 Å². The molecule has 1 aromatic carbocycles. The molecule has 0 spiro atoms. The Balaban J connectivity index is 1.96. The SMILES string of the molecule is CCOc1ccc(NC(=O)CCNC2CC2)c([N+](=O)[O-])c1. The molecular weight excluding hydrogens is 274 g/mol. The Morgan fingerprint density at radius 1 is 1.48 bits per heavy atom.